The molecule has 0 saturated carbocycles. The average molecular weight is 413 g/mol. The van der Waals surface area contributed by atoms with Crippen molar-refractivity contribution in [2.45, 2.75) is 38.8 Å². The summed E-state index contributed by atoms with van der Waals surface area (Å²) in [5, 5.41) is 4.02. The van der Waals surface area contributed by atoms with E-state index in [9.17, 15) is 13.6 Å². The average Bonchev–Trinajstić information content (AvgIpc) is 3.37. The highest BCUT2D eigenvalue weighted by Gasteiger charge is 2.36. The van der Waals surface area contributed by atoms with Crippen molar-refractivity contribution in [1.29, 1.82) is 0 Å². The summed E-state index contributed by atoms with van der Waals surface area (Å²) < 4.78 is 38.5. The van der Waals surface area contributed by atoms with E-state index in [-0.39, 0.29) is 30.3 Å². The molecule has 1 aliphatic heterocycles. The third kappa shape index (κ3) is 4.17. The molecule has 2 heterocycles. The van der Waals surface area contributed by atoms with Gasteiger partial charge in [-0.2, -0.15) is 4.98 Å². The number of hydrogen-bond donors (Lipinski definition) is 0. The van der Waals surface area contributed by atoms with Gasteiger partial charge in [0.2, 0.25) is 17.6 Å². The van der Waals surface area contributed by atoms with Crippen molar-refractivity contribution in [3.8, 4) is 17.1 Å². The quantitative estimate of drug-likeness (QED) is 0.563. The number of nitrogens with zero attached hydrogens (tertiary/aromatic N) is 3. The van der Waals surface area contributed by atoms with Crippen LogP contribution in [0.2, 0.25) is 0 Å². The predicted molar refractivity (Wildman–Crippen MR) is 104 cm³/mol. The topological polar surface area (TPSA) is 68.5 Å². The molecule has 1 fully saturated rings. The smallest absolute Gasteiger partial charge is 0.249 e. The molecule has 3 aromatic rings. The molecule has 0 spiro atoms. The number of aromatic nitrogens is 2. The molecule has 30 heavy (non-hydrogen) atoms. The van der Waals surface area contributed by atoms with Gasteiger partial charge in [0.1, 0.15) is 23.4 Å². The largest absolute Gasteiger partial charge is 0.494 e. The van der Waals surface area contributed by atoms with Crippen molar-refractivity contribution >= 4 is 5.91 Å². The molecule has 1 unspecified atom stereocenters. The maximum Gasteiger partial charge on any atom is 0.249 e. The number of rotatable bonds is 7. The van der Waals surface area contributed by atoms with E-state index < -0.39 is 17.7 Å². The molecular weight excluding hydrogens is 392 g/mol. The monoisotopic (exact) mass is 413 g/mol. The second-order valence-corrected chi connectivity index (χ2v) is 7.14. The van der Waals surface area contributed by atoms with Gasteiger partial charge in [-0.1, -0.05) is 12.1 Å². The molecule has 1 aromatic heterocycles. The van der Waals surface area contributed by atoms with Gasteiger partial charge in [0.25, 0.3) is 0 Å². The second kappa shape index (κ2) is 8.61. The molecule has 1 saturated heterocycles. The minimum Gasteiger partial charge on any atom is -0.494 e. The molecular formula is C22H21F2N3O3. The van der Waals surface area contributed by atoms with Crippen LogP contribution >= 0.6 is 0 Å². The SMILES string of the molecule is CCCOc1ccc(-c2noc(C3CCC(=O)N3Cc3cc(F)ccc3F)n2)cc1. The van der Waals surface area contributed by atoms with Crippen LogP contribution < -0.4 is 4.74 Å². The first-order valence-corrected chi connectivity index (χ1v) is 9.85. The third-order valence-corrected chi connectivity index (χ3v) is 4.99. The molecule has 8 heteroatoms. The number of likely N-dealkylation sites (tertiary alicyclic amines) is 1. The lowest BCUT2D eigenvalue weighted by Crippen LogP contribution is -2.27. The number of carbonyl (C=O) groups is 1. The van der Waals surface area contributed by atoms with Gasteiger partial charge in [-0.05, 0) is 55.3 Å². The van der Waals surface area contributed by atoms with Crippen LogP contribution in [0.15, 0.2) is 47.0 Å². The zero-order valence-corrected chi connectivity index (χ0v) is 16.5. The highest BCUT2D eigenvalue weighted by atomic mass is 19.1. The van der Waals surface area contributed by atoms with E-state index in [2.05, 4.69) is 10.1 Å². The summed E-state index contributed by atoms with van der Waals surface area (Å²) in [6.45, 7) is 2.62. The van der Waals surface area contributed by atoms with Crippen molar-refractivity contribution in [2.75, 3.05) is 6.61 Å². The maximum atomic E-state index is 14.0. The van der Waals surface area contributed by atoms with Gasteiger partial charge in [0.15, 0.2) is 0 Å². The van der Waals surface area contributed by atoms with Gasteiger partial charge < -0.3 is 14.2 Å². The molecule has 0 aliphatic carbocycles. The van der Waals surface area contributed by atoms with E-state index in [1.165, 1.54) is 4.90 Å². The molecule has 1 amide bonds. The Kier molecular flexibility index (Phi) is 5.74. The molecule has 0 N–H and O–H groups in total. The Labute approximate surface area is 172 Å². The van der Waals surface area contributed by atoms with Crippen LogP contribution in [-0.4, -0.2) is 27.6 Å². The zero-order chi connectivity index (χ0) is 21.1. The summed E-state index contributed by atoms with van der Waals surface area (Å²) in [4.78, 5) is 18.3. The summed E-state index contributed by atoms with van der Waals surface area (Å²) in [5.41, 5.74) is 0.860. The summed E-state index contributed by atoms with van der Waals surface area (Å²) in [6, 6.07) is 10.0. The maximum absolute atomic E-state index is 14.0. The van der Waals surface area contributed by atoms with E-state index in [0.717, 1.165) is 35.9 Å². The fourth-order valence-corrected chi connectivity index (χ4v) is 3.44. The number of amides is 1. The standard InChI is InChI=1S/C22H21F2N3O3/c1-2-11-29-17-6-3-14(4-7-17)21-25-22(30-26-21)19-9-10-20(28)27(19)13-15-12-16(23)5-8-18(15)24/h3-8,12,19H,2,9-11,13H2,1H3. The van der Waals surface area contributed by atoms with E-state index in [4.69, 9.17) is 9.26 Å². The van der Waals surface area contributed by atoms with Gasteiger partial charge in [-0.3, -0.25) is 4.79 Å². The van der Waals surface area contributed by atoms with Crippen molar-refractivity contribution in [3.63, 3.8) is 0 Å². The fourth-order valence-electron chi connectivity index (χ4n) is 3.44. The third-order valence-electron chi connectivity index (χ3n) is 4.99. The fraction of sp³-hybridized carbons (Fsp3) is 0.318. The highest BCUT2D eigenvalue weighted by Crippen LogP contribution is 2.34. The highest BCUT2D eigenvalue weighted by molar-refractivity contribution is 5.78. The summed E-state index contributed by atoms with van der Waals surface area (Å²) in [7, 11) is 0. The lowest BCUT2D eigenvalue weighted by molar-refractivity contribution is -0.130. The predicted octanol–water partition coefficient (Wildman–Crippen LogP) is 4.67. The van der Waals surface area contributed by atoms with Crippen molar-refractivity contribution in [3.05, 3.63) is 65.6 Å². The first-order chi connectivity index (χ1) is 14.5. The van der Waals surface area contributed by atoms with E-state index in [0.29, 0.717) is 18.9 Å². The van der Waals surface area contributed by atoms with E-state index in [1.807, 2.05) is 31.2 Å². The first-order valence-electron chi connectivity index (χ1n) is 9.85. The summed E-state index contributed by atoms with van der Waals surface area (Å²) in [6.07, 6.45) is 1.68. The van der Waals surface area contributed by atoms with Crippen LogP contribution in [0.4, 0.5) is 8.78 Å². The van der Waals surface area contributed by atoms with E-state index in [1.54, 1.807) is 0 Å². The second-order valence-electron chi connectivity index (χ2n) is 7.14. The van der Waals surface area contributed by atoms with Crippen LogP contribution in [0.25, 0.3) is 11.4 Å². The van der Waals surface area contributed by atoms with Gasteiger partial charge in [-0.25, -0.2) is 8.78 Å². The number of carbonyl (C=O) groups excluding carboxylic acids is 1. The van der Waals surface area contributed by atoms with Gasteiger partial charge >= 0.3 is 0 Å². The number of hydrogen-bond acceptors (Lipinski definition) is 5. The molecule has 0 bridgehead atoms. The first kappa shape index (κ1) is 20.0. The van der Waals surface area contributed by atoms with Gasteiger partial charge in [0, 0.05) is 24.1 Å². The van der Waals surface area contributed by atoms with Crippen LogP contribution in [-0.2, 0) is 11.3 Å². The molecule has 1 atom stereocenters. The molecule has 2 aromatic carbocycles. The normalized spacial score (nSPS) is 16.3. The summed E-state index contributed by atoms with van der Waals surface area (Å²) >= 11 is 0. The Hall–Kier alpha value is -3.29. The number of benzene rings is 2. The van der Waals surface area contributed by atoms with E-state index >= 15 is 0 Å². The lowest BCUT2D eigenvalue weighted by atomic mass is 10.1. The molecule has 6 nitrogen and oxygen atoms in total. The lowest BCUT2D eigenvalue weighted by Gasteiger charge is -2.22. The van der Waals surface area contributed by atoms with Crippen LogP contribution in [0.5, 0.6) is 5.75 Å². The molecule has 0 radical (unpaired) electrons. The minimum absolute atomic E-state index is 0.0612. The summed E-state index contributed by atoms with van der Waals surface area (Å²) in [5.74, 6) is 0.143. The van der Waals surface area contributed by atoms with Crippen LogP contribution in [0.1, 0.15) is 43.7 Å². The zero-order valence-electron chi connectivity index (χ0n) is 16.5. The van der Waals surface area contributed by atoms with Gasteiger partial charge in [0.05, 0.1) is 6.61 Å². The molecule has 1 aliphatic rings. The Morgan fingerprint density at radius 2 is 2.00 bits per heavy atom. The van der Waals surface area contributed by atoms with Crippen molar-refractivity contribution in [2.24, 2.45) is 0 Å². The Morgan fingerprint density at radius 3 is 2.77 bits per heavy atom. The Morgan fingerprint density at radius 1 is 1.20 bits per heavy atom. The Balaban J connectivity index is 1.53. The van der Waals surface area contributed by atoms with Gasteiger partial charge in [-0.15, -0.1) is 0 Å². The Bertz CT molecular complexity index is 1040. The van der Waals surface area contributed by atoms with Crippen molar-refractivity contribution in [1.82, 2.24) is 15.0 Å². The van der Waals surface area contributed by atoms with Crippen LogP contribution in [0.3, 0.4) is 0 Å². The minimum atomic E-state index is -0.563. The number of halogens is 2. The van der Waals surface area contributed by atoms with Crippen LogP contribution in [0, 0.1) is 11.6 Å². The molecule has 156 valence electrons. The van der Waals surface area contributed by atoms with Crippen molar-refractivity contribution < 1.29 is 22.8 Å². The molecule has 4 rings (SSSR count). The number of ether oxygens (including phenoxy) is 1.